The highest BCUT2D eigenvalue weighted by molar-refractivity contribution is 6.73. The summed E-state index contributed by atoms with van der Waals surface area (Å²) in [4.78, 5) is 0. The maximum atomic E-state index is 5.52. The summed E-state index contributed by atoms with van der Waals surface area (Å²) in [6.45, 7) is 9.14. The van der Waals surface area contributed by atoms with Gasteiger partial charge < -0.3 is 31.1 Å². The van der Waals surface area contributed by atoms with Crippen LogP contribution in [0, 0.1) is 0 Å². The minimum Gasteiger partial charge on any atom is -0.377 e. The van der Waals surface area contributed by atoms with Gasteiger partial charge in [0.1, 0.15) is 8.24 Å². The molecule has 0 saturated carbocycles. The number of nitrogens with zero attached hydrogens (tertiary/aromatic N) is 1. The highest BCUT2D eigenvalue weighted by Gasteiger charge is 2.39. The summed E-state index contributed by atoms with van der Waals surface area (Å²) in [5, 5.41) is 0. The van der Waals surface area contributed by atoms with E-state index in [4.69, 9.17) is 26.6 Å². The molecule has 0 radical (unpaired) electrons. The number of hydrogen-bond donors (Lipinski definition) is 0. The van der Waals surface area contributed by atoms with Crippen LogP contribution >= 0.6 is 0 Å². The van der Waals surface area contributed by atoms with Crippen molar-refractivity contribution < 1.29 is 26.6 Å². The molecular weight excluding hydrogens is 374 g/mol. The van der Waals surface area contributed by atoms with Crippen LogP contribution in [0.4, 0.5) is 0 Å². The summed E-state index contributed by atoms with van der Waals surface area (Å²) in [7, 11) is 3.61. The van der Waals surface area contributed by atoms with E-state index < -0.39 is 25.8 Å². The van der Waals surface area contributed by atoms with Gasteiger partial charge >= 0.3 is 17.6 Å². The SMILES string of the molecule is CO[Si](CCCN(CCC[Si](OC)(OC)OC)[Si](C)(C)C)(OC)OC. The molecule has 0 aliphatic rings. The van der Waals surface area contributed by atoms with Crippen molar-refractivity contribution in [2.75, 3.05) is 55.7 Å². The van der Waals surface area contributed by atoms with Gasteiger partial charge in [-0.2, -0.15) is 0 Å². The van der Waals surface area contributed by atoms with Crippen molar-refractivity contribution in [3.63, 3.8) is 0 Å². The summed E-state index contributed by atoms with van der Waals surface area (Å²) in [5.74, 6) is 0. The van der Waals surface area contributed by atoms with E-state index in [1.54, 1.807) is 42.7 Å². The zero-order valence-corrected chi connectivity index (χ0v) is 20.6. The van der Waals surface area contributed by atoms with Crippen LogP contribution < -0.4 is 0 Å². The molecule has 0 saturated heterocycles. The lowest BCUT2D eigenvalue weighted by Crippen LogP contribution is -2.49. The fourth-order valence-corrected chi connectivity index (χ4v) is 7.93. The van der Waals surface area contributed by atoms with Crippen LogP contribution in [0.5, 0.6) is 0 Å². The summed E-state index contributed by atoms with van der Waals surface area (Å²) in [6, 6.07) is 1.65. The van der Waals surface area contributed by atoms with Gasteiger partial charge in [-0.15, -0.1) is 0 Å². The van der Waals surface area contributed by atoms with Gasteiger partial charge in [0.15, 0.2) is 0 Å². The minimum absolute atomic E-state index is 0.824. The molecule has 0 aromatic heterocycles. The molecule has 10 heteroatoms. The van der Waals surface area contributed by atoms with E-state index in [1.165, 1.54) is 0 Å². The van der Waals surface area contributed by atoms with Crippen molar-refractivity contribution in [1.29, 1.82) is 0 Å². The summed E-state index contributed by atoms with van der Waals surface area (Å²) in [5.41, 5.74) is 0. The molecule has 0 aromatic rings. The lowest BCUT2D eigenvalue weighted by atomic mass is 10.4. The monoisotopic (exact) mass is 413 g/mol. The average Bonchev–Trinajstić information content (AvgIpc) is 2.61. The van der Waals surface area contributed by atoms with Crippen molar-refractivity contribution in [1.82, 2.24) is 4.57 Å². The fraction of sp³-hybridized carbons (Fsp3) is 1.00. The lowest BCUT2D eigenvalue weighted by Gasteiger charge is -2.35. The Bertz CT molecular complexity index is 306. The average molecular weight is 414 g/mol. The molecule has 0 aromatic carbocycles. The summed E-state index contributed by atoms with van der Waals surface area (Å²) < 4.78 is 35.7. The molecule has 0 aliphatic heterocycles. The highest BCUT2D eigenvalue weighted by atomic mass is 28.4. The third kappa shape index (κ3) is 8.28. The van der Waals surface area contributed by atoms with Crippen LogP contribution in [0.3, 0.4) is 0 Å². The molecule has 0 aliphatic carbocycles. The molecule has 0 fully saturated rings. The second-order valence-electron chi connectivity index (χ2n) is 6.96. The third-order valence-electron chi connectivity index (χ3n) is 4.64. The molecule has 7 nitrogen and oxygen atoms in total. The first-order valence-corrected chi connectivity index (χ1v) is 16.0. The van der Waals surface area contributed by atoms with Gasteiger partial charge in [-0.05, 0) is 25.9 Å². The van der Waals surface area contributed by atoms with Gasteiger partial charge in [-0.1, -0.05) is 19.6 Å². The maximum Gasteiger partial charge on any atom is 0.500 e. The first-order chi connectivity index (χ1) is 11.7. The van der Waals surface area contributed by atoms with Crippen molar-refractivity contribution in [2.24, 2.45) is 0 Å². The van der Waals surface area contributed by atoms with E-state index in [2.05, 4.69) is 24.2 Å². The summed E-state index contributed by atoms with van der Waals surface area (Å²) >= 11 is 0. The minimum atomic E-state index is -2.49. The van der Waals surface area contributed by atoms with Crippen molar-refractivity contribution in [3.8, 4) is 0 Å². The first kappa shape index (κ1) is 25.4. The Kier molecular flexibility index (Phi) is 12.1. The lowest BCUT2D eigenvalue weighted by molar-refractivity contribution is 0.121. The van der Waals surface area contributed by atoms with E-state index in [0.29, 0.717) is 0 Å². The molecule has 0 N–H and O–H groups in total. The molecule has 0 spiro atoms. The zero-order valence-electron chi connectivity index (χ0n) is 17.6. The first-order valence-electron chi connectivity index (χ1n) is 8.74. The summed E-state index contributed by atoms with van der Waals surface area (Å²) in [6.07, 6.45) is 1.99. The van der Waals surface area contributed by atoms with Crippen LogP contribution in [0.15, 0.2) is 0 Å². The Morgan fingerprint density at radius 1 is 0.560 bits per heavy atom. The second kappa shape index (κ2) is 12.0. The van der Waals surface area contributed by atoms with Gasteiger partial charge in [0.05, 0.1) is 0 Å². The number of hydrogen-bond acceptors (Lipinski definition) is 7. The molecule has 0 atom stereocenters. The predicted octanol–water partition coefficient (Wildman–Crippen LogP) is 2.66. The third-order valence-corrected chi connectivity index (χ3v) is 12.6. The molecule has 0 bridgehead atoms. The quantitative estimate of drug-likeness (QED) is 0.383. The number of rotatable bonds is 15. The normalized spacial score (nSPS) is 13.7. The highest BCUT2D eigenvalue weighted by Crippen LogP contribution is 2.20. The molecule has 0 heterocycles. The van der Waals surface area contributed by atoms with Gasteiger partial charge in [0, 0.05) is 54.7 Å². The van der Waals surface area contributed by atoms with Gasteiger partial charge in [-0.3, -0.25) is 0 Å². The molecule has 0 amide bonds. The predicted molar refractivity (Wildman–Crippen MR) is 107 cm³/mol. The van der Waals surface area contributed by atoms with Gasteiger partial charge in [-0.25, -0.2) is 0 Å². The van der Waals surface area contributed by atoms with Crippen molar-refractivity contribution in [2.45, 2.75) is 44.6 Å². The largest absolute Gasteiger partial charge is 0.500 e. The van der Waals surface area contributed by atoms with Crippen LogP contribution in [0.2, 0.25) is 31.7 Å². The standard InChI is InChI=1S/C15H39NO6Si3/c1-17-24(18-2,19-3)14-10-12-16(23(7,8)9)13-11-15-25(20-4,21-5)22-6/h10-15H2,1-9H3. The van der Waals surface area contributed by atoms with Crippen LogP contribution in [-0.2, 0) is 26.6 Å². The van der Waals surface area contributed by atoms with Gasteiger partial charge in [0.2, 0.25) is 0 Å². The molecule has 0 unspecified atom stereocenters. The molecule has 0 rings (SSSR count). The van der Waals surface area contributed by atoms with Crippen LogP contribution in [0.1, 0.15) is 12.8 Å². The van der Waals surface area contributed by atoms with Crippen molar-refractivity contribution >= 4 is 25.8 Å². The second-order valence-corrected chi connectivity index (χ2v) is 18.1. The fourth-order valence-electron chi connectivity index (χ4n) is 2.87. The molecular formula is C15H39NO6Si3. The van der Waals surface area contributed by atoms with E-state index in [9.17, 15) is 0 Å². The smallest absolute Gasteiger partial charge is 0.377 e. The topological polar surface area (TPSA) is 58.6 Å². The maximum absolute atomic E-state index is 5.52. The Balaban J connectivity index is 4.63. The Hall–Kier alpha value is 0.371. The van der Waals surface area contributed by atoms with Crippen LogP contribution in [-0.4, -0.2) is 86.2 Å². The van der Waals surface area contributed by atoms with Crippen LogP contribution in [0.25, 0.3) is 0 Å². The Labute approximate surface area is 157 Å². The van der Waals surface area contributed by atoms with E-state index in [1.807, 2.05) is 0 Å². The zero-order chi connectivity index (χ0) is 19.6. The molecule has 152 valence electrons. The van der Waals surface area contributed by atoms with Gasteiger partial charge in [0.25, 0.3) is 0 Å². The van der Waals surface area contributed by atoms with Crippen molar-refractivity contribution in [3.05, 3.63) is 0 Å². The Morgan fingerprint density at radius 3 is 1.04 bits per heavy atom. The van der Waals surface area contributed by atoms with E-state index in [-0.39, 0.29) is 0 Å². The molecule has 25 heavy (non-hydrogen) atoms. The van der Waals surface area contributed by atoms with E-state index >= 15 is 0 Å². The Morgan fingerprint density at radius 2 is 0.840 bits per heavy atom. The van der Waals surface area contributed by atoms with E-state index in [0.717, 1.165) is 38.0 Å².